The molecule has 0 saturated heterocycles. The van der Waals surface area contributed by atoms with Crippen LogP contribution < -0.4 is 10.5 Å². The minimum atomic E-state index is 0.377. The second-order valence-electron chi connectivity index (χ2n) is 3.91. The van der Waals surface area contributed by atoms with Crippen LogP contribution in [-0.4, -0.2) is 4.99 Å². The zero-order valence-electron chi connectivity index (χ0n) is 9.90. The van der Waals surface area contributed by atoms with Crippen LogP contribution in [0.4, 0.5) is 0 Å². The minimum Gasteiger partial charge on any atom is -0.489 e. The first-order chi connectivity index (χ1) is 9.06. The normalized spacial score (nSPS) is 10.2. The Morgan fingerprint density at radius 2 is 1.89 bits per heavy atom. The maximum Gasteiger partial charge on any atom is 0.119 e. The van der Waals surface area contributed by atoms with Crippen molar-refractivity contribution >= 4 is 44.7 Å². The summed E-state index contributed by atoms with van der Waals surface area (Å²) in [5.41, 5.74) is 7.29. The van der Waals surface area contributed by atoms with E-state index in [2.05, 4.69) is 15.9 Å². The standard InChI is InChI=1S/C14H11BrClNOS/c15-11-4-1-10(13(16)7-11)8-18-12-5-2-9(3-6-12)14(17)19/h1-7H,8H2,(H2,17,19). The van der Waals surface area contributed by atoms with Gasteiger partial charge >= 0.3 is 0 Å². The SMILES string of the molecule is NC(=S)c1ccc(OCc2ccc(Br)cc2Cl)cc1. The zero-order valence-corrected chi connectivity index (χ0v) is 13.1. The van der Waals surface area contributed by atoms with Gasteiger partial charge in [0.2, 0.25) is 0 Å². The van der Waals surface area contributed by atoms with Gasteiger partial charge in [-0.1, -0.05) is 45.8 Å². The molecule has 2 N–H and O–H groups in total. The lowest BCUT2D eigenvalue weighted by atomic mass is 10.2. The fourth-order valence-electron chi connectivity index (χ4n) is 1.52. The van der Waals surface area contributed by atoms with Crippen molar-refractivity contribution in [2.45, 2.75) is 6.61 Å². The van der Waals surface area contributed by atoms with E-state index in [1.165, 1.54) is 0 Å². The van der Waals surface area contributed by atoms with Gasteiger partial charge in [-0.2, -0.15) is 0 Å². The van der Waals surface area contributed by atoms with Gasteiger partial charge < -0.3 is 10.5 Å². The number of hydrogen-bond donors (Lipinski definition) is 1. The van der Waals surface area contributed by atoms with E-state index in [1.807, 2.05) is 42.5 Å². The second-order valence-corrected chi connectivity index (χ2v) is 5.68. The molecule has 2 aromatic rings. The number of nitrogens with two attached hydrogens (primary N) is 1. The van der Waals surface area contributed by atoms with Gasteiger partial charge in [-0.15, -0.1) is 0 Å². The van der Waals surface area contributed by atoms with E-state index in [0.717, 1.165) is 21.3 Å². The van der Waals surface area contributed by atoms with Crippen molar-refractivity contribution in [3.8, 4) is 5.75 Å². The van der Waals surface area contributed by atoms with Crippen LogP contribution in [0.3, 0.4) is 0 Å². The van der Waals surface area contributed by atoms with E-state index < -0.39 is 0 Å². The maximum atomic E-state index is 6.12. The molecular weight excluding hydrogens is 346 g/mol. The average molecular weight is 357 g/mol. The largest absolute Gasteiger partial charge is 0.489 e. The Kier molecular flexibility index (Phi) is 4.80. The van der Waals surface area contributed by atoms with Crippen LogP contribution in [0.25, 0.3) is 0 Å². The fraction of sp³-hybridized carbons (Fsp3) is 0.0714. The summed E-state index contributed by atoms with van der Waals surface area (Å²) in [6.07, 6.45) is 0. The molecule has 2 nitrogen and oxygen atoms in total. The predicted octanol–water partition coefficient (Wildman–Crippen LogP) is 4.32. The highest BCUT2D eigenvalue weighted by Crippen LogP contribution is 2.23. The Bertz CT molecular complexity index is 601. The fourth-order valence-corrected chi connectivity index (χ4v) is 2.38. The van der Waals surface area contributed by atoms with E-state index in [-0.39, 0.29) is 0 Å². The lowest BCUT2D eigenvalue weighted by Crippen LogP contribution is -2.08. The van der Waals surface area contributed by atoms with Gasteiger partial charge in [0.15, 0.2) is 0 Å². The Morgan fingerprint density at radius 3 is 2.47 bits per heavy atom. The molecule has 5 heteroatoms. The molecule has 0 atom stereocenters. The van der Waals surface area contributed by atoms with Gasteiger partial charge in [0, 0.05) is 20.6 Å². The molecule has 2 rings (SSSR count). The smallest absolute Gasteiger partial charge is 0.119 e. The van der Waals surface area contributed by atoms with Gasteiger partial charge in [-0.3, -0.25) is 0 Å². The Labute approximate surface area is 130 Å². The summed E-state index contributed by atoms with van der Waals surface area (Å²) in [5.74, 6) is 0.749. The second kappa shape index (κ2) is 6.37. The van der Waals surface area contributed by atoms with Gasteiger partial charge in [0.1, 0.15) is 17.3 Å². The maximum absolute atomic E-state index is 6.12. The molecule has 0 unspecified atom stereocenters. The van der Waals surface area contributed by atoms with E-state index in [1.54, 1.807) is 0 Å². The number of ether oxygens (including phenoxy) is 1. The average Bonchev–Trinajstić information content (AvgIpc) is 2.38. The molecule has 0 aromatic heterocycles. The van der Waals surface area contributed by atoms with Crippen LogP contribution in [-0.2, 0) is 6.61 Å². The molecule has 0 heterocycles. The predicted molar refractivity (Wildman–Crippen MR) is 85.8 cm³/mol. The topological polar surface area (TPSA) is 35.2 Å². The number of hydrogen-bond acceptors (Lipinski definition) is 2. The highest BCUT2D eigenvalue weighted by atomic mass is 79.9. The Morgan fingerprint density at radius 1 is 1.21 bits per heavy atom. The Balaban J connectivity index is 2.04. The molecule has 98 valence electrons. The summed E-state index contributed by atoms with van der Waals surface area (Å²) in [7, 11) is 0. The Hall–Kier alpha value is -1.10. The first-order valence-corrected chi connectivity index (χ1v) is 7.11. The third-order valence-electron chi connectivity index (χ3n) is 2.55. The first kappa shape index (κ1) is 14.3. The first-order valence-electron chi connectivity index (χ1n) is 5.53. The highest BCUT2D eigenvalue weighted by Gasteiger charge is 2.03. The summed E-state index contributed by atoms with van der Waals surface area (Å²) >= 11 is 14.4. The number of benzene rings is 2. The van der Waals surface area contributed by atoms with Crippen LogP contribution >= 0.6 is 39.7 Å². The van der Waals surface area contributed by atoms with Crippen molar-refractivity contribution in [2.24, 2.45) is 5.73 Å². The molecule has 19 heavy (non-hydrogen) atoms. The van der Waals surface area contributed by atoms with Crippen molar-refractivity contribution in [1.29, 1.82) is 0 Å². The van der Waals surface area contributed by atoms with E-state index in [9.17, 15) is 0 Å². The quantitative estimate of drug-likeness (QED) is 0.829. The number of thiocarbonyl (C=S) groups is 1. The summed E-state index contributed by atoms with van der Waals surface area (Å²) in [6, 6.07) is 13.0. The van der Waals surface area contributed by atoms with Crippen molar-refractivity contribution in [2.75, 3.05) is 0 Å². The van der Waals surface area contributed by atoms with Gasteiger partial charge in [0.25, 0.3) is 0 Å². The molecule has 0 saturated carbocycles. The van der Waals surface area contributed by atoms with Crippen molar-refractivity contribution in [3.05, 3.63) is 63.1 Å². The van der Waals surface area contributed by atoms with Gasteiger partial charge in [0.05, 0.1) is 0 Å². The summed E-state index contributed by atoms with van der Waals surface area (Å²) in [6.45, 7) is 0.415. The van der Waals surface area contributed by atoms with E-state index in [0.29, 0.717) is 16.6 Å². The molecule has 0 radical (unpaired) electrons. The molecular formula is C14H11BrClNOS. The molecule has 0 aliphatic carbocycles. The molecule has 0 amide bonds. The van der Waals surface area contributed by atoms with E-state index >= 15 is 0 Å². The lowest BCUT2D eigenvalue weighted by molar-refractivity contribution is 0.306. The van der Waals surface area contributed by atoms with Crippen LogP contribution in [0.5, 0.6) is 5.75 Å². The highest BCUT2D eigenvalue weighted by molar-refractivity contribution is 9.10. The molecule has 0 bridgehead atoms. The summed E-state index contributed by atoms with van der Waals surface area (Å²) < 4.78 is 6.61. The summed E-state index contributed by atoms with van der Waals surface area (Å²) in [5, 5.41) is 0.675. The zero-order chi connectivity index (χ0) is 13.8. The minimum absolute atomic E-state index is 0.377. The molecule has 0 spiro atoms. The molecule has 2 aromatic carbocycles. The van der Waals surface area contributed by atoms with Crippen LogP contribution in [0.1, 0.15) is 11.1 Å². The summed E-state index contributed by atoms with van der Waals surface area (Å²) in [4.78, 5) is 0.377. The number of rotatable bonds is 4. The monoisotopic (exact) mass is 355 g/mol. The lowest BCUT2D eigenvalue weighted by Gasteiger charge is -2.08. The van der Waals surface area contributed by atoms with Crippen LogP contribution in [0, 0.1) is 0 Å². The van der Waals surface area contributed by atoms with Crippen molar-refractivity contribution < 1.29 is 4.74 Å². The molecule has 0 aliphatic rings. The van der Waals surface area contributed by atoms with Crippen LogP contribution in [0.15, 0.2) is 46.9 Å². The van der Waals surface area contributed by atoms with Gasteiger partial charge in [-0.05, 0) is 36.4 Å². The van der Waals surface area contributed by atoms with Crippen molar-refractivity contribution in [1.82, 2.24) is 0 Å². The third kappa shape index (κ3) is 3.93. The van der Waals surface area contributed by atoms with Crippen LogP contribution in [0.2, 0.25) is 5.02 Å². The van der Waals surface area contributed by atoms with E-state index in [4.69, 9.17) is 34.3 Å². The number of halogens is 2. The molecule has 0 fully saturated rings. The van der Waals surface area contributed by atoms with Crippen molar-refractivity contribution in [3.63, 3.8) is 0 Å². The molecule has 0 aliphatic heterocycles. The third-order valence-corrected chi connectivity index (χ3v) is 3.63. The van der Waals surface area contributed by atoms with Gasteiger partial charge in [-0.25, -0.2) is 0 Å².